The second kappa shape index (κ2) is 4.77. The number of fused-ring (bicyclic) bond motifs is 2. The van der Waals surface area contributed by atoms with Crippen molar-refractivity contribution >= 4 is 6.08 Å². The number of aryl methyl sites for hydroxylation is 2. The van der Waals surface area contributed by atoms with Crippen LogP contribution in [0.4, 0.5) is 0 Å². The van der Waals surface area contributed by atoms with E-state index in [1.165, 1.54) is 30.4 Å². The predicted molar refractivity (Wildman–Crippen MR) is 152 cm³/mol. The van der Waals surface area contributed by atoms with E-state index in [-0.39, 0.29) is 3.17 Å². The number of hydrogen-bond acceptors (Lipinski definition) is 0. The van der Waals surface area contributed by atoms with Gasteiger partial charge in [-0.1, -0.05) is 0 Å². The summed E-state index contributed by atoms with van der Waals surface area (Å²) in [5.41, 5.74) is 7.67. The van der Waals surface area contributed by atoms with Crippen molar-refractivity contribution in [3.63, 3.8) is 0 Å². The van der Waals surface area contributed by atoms with Crippen LogP contribution in [0, 0.1) is 0 Å². The third-order valence-electron chi connectivity index (χ3n) is 11.9. The van der Waals surface area contributed by atoms with Gasteiger partial charge in [0.2, 0.25) is 0 Å². The fourth-order valence-corrected chi connectivity index (χ4v) is 41.6. The Morgan fingerprint density at radius 1 is 0.853 bits per heavy atom. The van der Waals surface area contributed by atoms with E-state index in [9.17, 15) is 0 Å². The Labute approximate surface area is 196 Å². The van der Waals surface area contributed by atoms with Crippen molar-refractivity contribution in [1.29, 1.82) is 0 Å². The summed E-state index contributed by atoms with van der Waals surface area (Å²) in [6.07, 6.45) is 19.7. The van der Waals surface area contributed by atoms with Gasteiger partial charge in [0.1, 0.15) is 0 Å². The van der Waals surface area contributed by atoms with Crippen LogP contribution in [0.15, 0.2) is 72.8 Å². The summed E-state index contributed by atoms with van der Waals surface area (Å²) in [6.45, 7) is 2.45. The molecule has 183 valence electrons. The van der Waals surface area contributed by atoms with E-state index in [4.69, 9.17) is 0 Å². The molecule has 3 aliphatic rings. The second-order valence-corrected chi connectivity index (χ2v) is 132. The summed E-state index contributed by atoms with van der Waals surface area (Å²) in [5, 5.41) is 0. The van der Waals surface area contributed by atoms with Gasteiger partial charge in [0.15, 0.2) is 0 Å². The zero-order valence-electron chi connectivity index (χ0n) is 23.0. The monoisotopic (exact) mass is 623 g/mol. The van der Waals surface area contributed by atoms with Crippen LogP contribution in [0.2, 0.25) is 36.4 Å². The van der Waals surface area contributed by atoms with E-state index in [1.54, 1.807) is 16.7 Å². The number of hydrogen-bond donors (Lipinski definition) is 0. The first-order chi connectivity index (χ1) is 15.2. The quantitative estimate of drug-likeness (QED) is 0.291. The van der Waals surface area contributed by atoms with Crippen molar-refractivity contribution in [3.8, 4) is 0 Å². The Morgan fingerprint density at radius 2 is 1.44 bits per heavy atom. The van der Waals surface area contributed by atoms with Crippen LogP contribution in [0.5, 0.6) is 0 Å². The van der Waals surface area contributed by atoms with Crippen molar-refractivity contribution in [2.24, 2.45) is 0 Å². The predicted octanol–water partition coefficient (Wildman–Crippen LogP) is 10.7. The zero-order valence-corrected chi connectivity index (χ0v) is 26.6. The zero-order chi connectivity index (χ0) is 24.9. The molecule has 2 aromatic carbocycles. The Kier molecular flexibility index (Phi) is 3.40. The molecule has 0 N–H and O–H groups in total. The van der Waals surface area contributed by atoms with Crippen LogP contribution in [0.1, 0.15) is 53.5 Å². The Bertz CT molecular complexity index is 1350. The standard InChI is InChI=1S/C21H21.C5H5.7CH3.Hf/c1-15(16-6-3-2-4-7-16)12-19-10-11-20-13-17-8-5-9-18(17)14-21(19)20;1-2-4-5-3-1;;;;;;;;/h2-4,6-7,10-11,13-15H,5,8-9,12H2,1H3;1-5H;7*1H3;. The van der Waals surface area contributed by atoms with Gasteiger partial charge in [0, 0.05) is 0 Å². The molecule has 34 heavy (non-hydrogen) atoms. The molecule has 2 aromatic rings. The van der Waals surface area contributed by atoms with Crippen molar-refractivity contribution in [3.05, 3.63) is 101 Å². The molecule has 2 atom stereocenters. The Balaban J connectivity index is 1.91. The molecule has 0 saturated heterocycles. The summed E-state index contributed by atoms with van der Waals surface area (Å²) in [5.74, 6) is 0.443. The summed E-state index contributed by atoms with van der Waals surface area (Å²) in [4.78, 5) is 0. The third kappa shape index (κ3) is 2.86. The van der Waals surface area contributed by atoms with Crippen LogP contribution in [-0.4, -0.2) is 0 Å². The van der Waals surface area contributed by atoms with E-state index in [0.29, 0.717) is 9.59 Å². The first-order valence-electron chi connectivity index (χ1n) is 13.8. The molecule has 0 aromatic heterocycles. The minimum absolute atomic E-state index is 0.104. The first kappa shape index (κ1) is 24.2. The molecule has 0 amide bonds. The Morgan fingerprint density at radius 3 is 2.06 bits per heavy atom. The van der Waals surface area contributed by atoms with Gasteiger partial charge in [0.05, 0.1) is 0 Å². The van der Waals surface area contributed by atoms with Gasteiger partial charge in [-0.05, 0) is 0 Å². The van der Waals surface area contributed by atoms with Gasteiger partial charge in [-0.3, -0.25) is 0 Å². The molecule has 0 heterocycles. The van der Waals surface area contributed by atoms with E-state index < -0.39 is 12.6 Å². The minimum atomic E-state index is -5.79. The SMILES string of the molecule is CC(C[C]1([Hf]([CH3])([CH3])([CH3])([CH3])([CH3])([CH3])([CH3])[CH]2C=CC=C2)C=Cc2cc3c(cc21)CCC3)c1ccccc1. The van der Waals surface area contributed by atoms with E-state index in [1.807, 2.05) is 0 Å². The molecule has 0 fully saturated rings. The van der Waals surface area contributed by atoms with Crippen molar-refractivity contribution in [2.75, 3.05) is 0 Å². The van der Waals surface area contributed by atoms with E-state index >= 15 is 0 Å². The average Bonchev–Trinajstić information content (AvgIpc) is 3.47. The fourth-order valence-electron chi connectivity index (χ4n) is 8.65. The van der Waals surface area contributed by atoms with Crippen molar-refractivity contribution in [1.82, 2.24) is 0 Å². The number of rotatable bonds is 5. The number of benzene rings is 2. The molecule has 0 radical (unpaired) electrons. The van der Waals surface area contributed by atoms with Gasteiger partial charge in [-0.15, -0.1) is 0 Å². The van der Waals surface area contributed by atoms with Crippen LogP contribution in [-0.2, 0) is 28.6 Å². The summed E-state index contributed by atoms with van der Waals surface area (Å²) >= 11 is -5.79. The molecular weight excluding hydrogens is 575 g/mol. The summed E-state index contributed by atoms with van der Waals surface area (Å²) in [7, 11) is 0. The third-order valence-corrected chi connectivity index (χ3v) is 57.9. The molecule has 5 rings (SSSR count). The van der Waals surface area contributed by atoms with Gasteiger partial charge in [-0.2, -0.15) is 0 Å². The van der Waals surface area contributed by atoms with Crippen LogP contribution in [0.25, 0.3) is 6.08 Å². The molecule has 0 nitrogen and oxygen atoms in total. The van der Waals surface area contributed by atoms with Crippen LogP contribution in [0.3, 0.4) is 0 Å². The molecule has 3 aliphatic carbocycles. The molecule has 2 unspecified atom stereocenters. The van der Waals surface area contributed by atoms with Crippen molar-refractivity contribution in [2.45, 2.75) is 78.1 Å². The number of allylic oxidation sites excluding steroid dienone is 5. The average molecular weight is 622 g/mol. The fraction of sp³-hybridized carbons (Fsp3) is 0.455. The van der Waals surface area contributed by atoms with E-state index in [0.717, 1.165) is 6.42 Å². The van der Waals surface area contributed by atoms with Crippen molar-refractivity contribution < 1.29 is 12.6 Å². The topological polar surface area (TPSA) is 0 Å². The van der Waals surface area contributed by atoms with Crippen LogP contribution >= 0.6 is 0 Å². The van der Waals surface area contributed by atoms with Gasteiger partial charge in [0.25, 0.3) is 0 Å². The summed E-state index contributed by atoms with van der Waals surface area (Å²) < 4.78 is 19.6. The summed E-state index contributed by atoms with van der Waals surface area (Å²) in [6, 6.07) is 16.4. The van der Waals surface area contributed by atoms with Crippen LogP contribution < -0.4 is 0 Å². The second-order valence-electron chi connectivity index (χ2n) is 22.6. The van der Waals surface area contributed by atoms with Gasteiger partial charge in [-0.25, -0.2) is 0 Å². The van der Waals surface area contributed by atoms with Gasteiger partial charge >= 0.3 is 197 Å². The van der Waals surface area contributed by atoms with Gasteiger partial charge < -0.3 is 0 Å². The molecule has 0 saturated carbocycles. The maximum absolute atomic E-state index is 5.79. The normalized spacial score (nSPS) is 28.6. The molecular formula is C33H47Hf. The molecule has 0 aliphatic heterocycles. The van der Waals surface area contributed by atoms with E-state index in [2.05, 4.69) is 119 Å². The Hall–Kier alpha value is -1.47. The molecule has 0 bridgehead atoms. The maximum atomic E-state index is 2.76. The first-order valence-corrected chi connectivity index (χ1v) is 42.8. The molecule has 1 heteroatoms. The molecule has 0 spiro atoms.